The van der Waals surface area contributed by atoms with E-state index in [2.05, 4.69) is 10.3 Å². The molecule has 1 fully saturated rings. The van der Waals surface area contributed by atoms with Gasteiger partial charge in [0.25, 0.3) is 0 Å². The van der Waals surface area contributed by atoms with Crippen molar-refractivity contribution < 1.29 is 14.3 Å². The van der Waals surface area contributed by atoms with Gasteiger partial charge in [-0.15, -0.1) is 5.10 Å². The summed E-state index contributed by atoms with van der Waals surface area (Å²) < 4.78 is 12.1. The number of methoxy groups -OCH3 is 2. The third-order valence-electron chi connectivity index (χ3n) is 4.22. The van der Waals surface area contributed by atoms with Gasteiger partial charge in [0.1, 0.15) is 12.2 Å². The van der Waals surface area contributed by atoms with E-state index in [1.807, 2.05) is 23.1 Å². The number of amides is 1. The summed E-state index contributed by atoms with van der Waals surface area (Å²) in [6.07, 6.45) is 5.15. The molecule has 0 saturated carbocycles. The lowest BCUT2D eigenvalue weighted by Gasteiger charge is -2.26. The molecule has 1 aliphatic rings. The fourth-order valence-corrected chi connectivity index (χ4v) is 2.89. The lowest BCUT2D eigenvalue weighted by atomic mass is 10.1. The summed E-state index contributed by atoms with van der Waals surface area (Å²) in [4.78, 5) is 14.2. The molecule has 7 nitrogen and oxygen atoms in total. The van der Waals surface area contributed by atoms with Gasteiger partial charge < -0.3 is 14.4 Å². The van der Waals surface area contributed by atoms with Crippen LogP contribution in [-0.4, -0.2) is 53.1 Å². The van der Waals surface area contributed by atoms with E-state index in [-0.39, 0.29) is 12.5 Å². The molecule has 3 rings (SSSR count). The van der Waals surface area contributed by atoms with Crippen LogP contribution in [0.15, 0.2) is 24.4 Å². The van der Waals surface area contributed by atoms with E-state index in [1.54, 1.807) is 25.1 Å². The third-order valence-corrected chi connectivity index (χ3v) is 4.22. The topological polar surface area (TPSA) is 69.5 Å². The lowest BCUT2D eigenvalue weighted by Crippen LogP contribution is -2.37. The standard InChI is InChI=1S/C17H22N4O3/c1-23-15-7-6-13(10-16(15)24-2)14-11-21(19-18-14)12-17(22)20-8-4-3-5-9-20/h6-7,10-11H,3-5,8-9,12H2,1-2H3. The molecular formula is C17H22N4O3. The summed E-state index contributed by atoms with van der Waals surface area (Å²) in [7, 11) is 3.19. The van der Waals surface area contributed by atoms with Crippen LogP contribution in [0.25, 0.3) is 11.3 Å². The van der Waals surface area contributed by atoms with Crippen LogP contribution in [0.1, 0.15) is 19.3 Å². The van der Waals surface area contributed by atoms with Crippen molar-refractivity contribution >= 4 is 5.91 Å². The molecule has 128 valence electrons. The summed E-state index contributed by atoms with van der Waals surface area (Å²) in [5, 5.41) is 8.23. The number of aromatic nitrogens is 3. The van der Waals surface area contributed by atoms with Crippen LogP contribution in [0.3, 0.4) is 0 Å². The van der Waals surface area contributed by atoms with Crippen LogP contribution in [0, 0.1) is 0 Å². The van der Waals surface area contributed by atoms with Crippen molar-refractivity contribution in [3.05, 3.63) is 24.4 Å². The van der Waals surface area contributed by atoms with Gasteiger partial charge in [0.15, 0.2) is 11.5 Å². The number of hydrogen-bond donors (Lipinski definition) is 0. The van der Waals surface area contributed by atoms with E-state index >= 15 is 0 Å². The normalized spacial score (nSPS) is 14.5. The molecule has 7 heteroatoms. The van der Waals surface area contributed by atoms with E-state index in [4.69, 9.17) is 9.47 Å². The Bertz CT molecular complexity index is 708. The zero-order chi connectivity index (χ0) is 16.9. The van der Waals surface area contributed by atoms with Crippen molar-refractivity contribution in [2.24, 2.45) is 0 Å². The number of carbonyl (C=O) groups excluding carboxylic acids is 1. The van der Waals surface area contributed by atoms with Crippen molar-refractivity contribution in [2.45, 2.75) is 25.8 Å². The monoisotopic (exact) mass is 330 g/mol. The molecule has 0 radical (unpaired) electrons. The molecule has 0 bridgehead atoms. The minimum Gasteiger partial charge on any atom is -0.493 e. The minimum atomic E-state index is 0.0958. The highest BCUT2D eigenvalue weighted by Gasteiger charge is 2.17. The van der Waals surface area contributed by atoms with Crippen LogP contribution in [-0.2, 0) is 11.3 Å². The lowest BCUT2D eigenvalue weighted by molar-refractivity contribution is -0.132. The van der Waals surface area contributed by atoms with Crippen molar-refractivity contribution in [3.8, 4) is 22.8 Å². The second kappa shape index (κ2) is 7.33. The van der Waals surface area contributed by atoms with Gasteiger partial charge in [-0.1, -0.05) is 5.21 Å². The Kier molecular flexibility index (Phi) is 4.98. The van der Waals surface area contributed by atoms with E-state index < -0.39 is 0 Å². The highest BCUT2D eigenvalue weighted by molar-refractivity contribution is 5.76. The van der Waals surface area contributed by atoms with Gasteiger partial charge in [0, 0.05) is 18.7 Å². The molecule has 2 aromatic rings. The Morgan fingerprint density at radius 3 is 2.58 bits per heavy atom. The van der Waals surface area contributed by atoms with Crippen LogP contribution in [0.5, 0.6) is 11.5 Å². The van der Waals surface area contributed by atoms with E-state index in [1.165, 1.54) is 6.42 Å². The van der Waals surface area contributed by atoms with Gasteiger partial charge in [-0.3, -0.25) is 4.79 Å². The molecule has 0 atom stereocenters. The first-order valence-corrected chi connectivity index (χ1v) is 8.11. The molecule has 0 N–H and O–H groups in total. The highest BCUT2D eigenvalue weighted by Crippen LogP contribution is 2.31. The van der Waals surface area contributed by atoms with Gasteiger partial charge in [0.2, 0.25) is 5.91 Å². The SMILES string of the molecule is COc1ccc(-c2cn(CC(=O)N3CCCCC3)nn2)cc1OC. The van der Waals surface area contributed by atoms with E-state index in [9.17, 15) is 4.79 Å². The second-order valence-corrected chi connectivity index (χ2v) is 5.81. The Morgan fingerprint density at radius 2 is 1.88 bits per heavy atom. The van der Waals surface area contributed by atoms with Crippen LogP contribution >= 0.6 is 0 Å². The van der Waals surface area contributed by atoms with Crippen molar-refractivity contribution in [3.63, 3.8) is 0 Å². The number of hydrogen-bond acceptors (Lipinski definition) is 5. The fraction of sp³-hybridized carbons (Fsp3) is 0.471. The maximum absolute atomic E-state index is 12.3. The number of rotatable bonds is 5. The molecule has 1 aromatic carbocycles. The molecule has 1 aliphatic heterocycles. The molecular weight excluding hydrogens is 308 g/mol. The molecule has 24 heavy (non-hydrogen) atoms. The Morgan fingerprint density at radius 1 is 1.12 bits per heavy atom. The average molecular weight is 330 g/mol. The summed E-state index contributed by atoms with van der Waals surface area (Å²) in [5.41, 5.74) is 1.56. The number of likely N-dealkylation sites (tertiary alicyclic amines) is 1. The summed E-state index contributed by atoms with van der Waals surface area (Å²) >= 11 is 0. The molecule has 2 heterocycles. The quantitative estimate of drug-likeness (QED) is 0.838. The van der Waals surface area contributed by atoms with Crippen molar-refractivity contribution in [1.82, 2.24) is 19.9 Å². The first kappa shape index (κ1) is 16.3. The van der Waals surface area contributed by atoms with Crippen LogP contribution < -0.4 is 9.47 Å². The zero-order valence-electron chi connectivity index (χ0n) is 14.1. The van der Waals surface area contributed by atoms with Gasteiger partial charge in [-0.2, -0.15) is 0 Å². The third kappa shape index (κ3) is 3.50. The number of carbonyl (C=O) groups is 1. The number of nitrogens with zero attached hydrogens (tertiary/aromatic N) is 4. The first-order chi connectivity index (χ1) is 11.7. The molecule has 0 unspecified atom stereocenters. The molecule has 1 amide bonds. The smallest absolute Gasteiger partial charge is 0.244 e. The number of ether oxygens (including phenoxy) is 2. The molecule has 1 saturated heterocycles. The Hall–Kier alpha value is -2.57. The van der Waals surface area contributed by atoms with Gasteiger partial charge in [0.05, 0.1) is 20.4 Å². The second-order valence-electron chi connectivity index (χ2n) is 5.81. The van der Waals surface area contributed by atoms with Gasteiger partial charge in [-0.25, -0.2) is 4.68 Å². The predicted molar refractivity (Wildman–Crippen MR) is 89.0 cm³/mol. The van der Waals surface area contributed by atoms with Crippen LogP contribution in [0.2, 0.25) is 0 Å². The molecule has 0 aliphatic carbocycles. The number of benzene rings is 1. The van der Waals surface area contributed by atoms with E-state index in [0.29, 0.717) is 17.2 Å². The number of piperidine rings is 1. The Balaban J connectivity index is 1.72. The molecule has 0 spiro atoms. The van der Waals surface area contributed by atoms with Crippen molar-refractivity contribution in [1.29, 1.82) is 0 Å². The zero-order valence-corrected chi connectivity index (χ0v) is 14.1. The maximum Gasteiger partial charge on any atom is 0.244 e. The maximum atomic E-state index is 12.3. The highest BCUT2D eigenvalue weighted by atomic mass is 16.5. The first-order valence-electron chi connectivity index (χ1n) is 8.11. The predicted octanol–water partition coefficient (Wildman–Crippen LogP) is 1.97. The average Bonchev–Trinajstić information content (AvgIpc) is 3.10. The fourth-order valence-electron chi connectivity index (χ4n) is 2.89. The molecule has 1 aromatic heterocycles. The summed E-state index contributed by atoms with van der Waals surface area (Å²) in [6, 6.07) is 5.56. The largest absolute Gasteiger partial charge is 0.493 e. The van der Waals surface area contributed by atoms with Gasteiger partial charge in [-0.05, 0) is 37.5 Å². The van der Waals surface area contributed by atoms with E-state index in [0.717, 1.165) is 31.5 Å². The van der Waals surface area contributed by atoms with Gasteiger partial charge >= 0.3 is 0 Å². The van der Waals surface area contributed by atoms with Crippen molar-refractivity contribution in [2.75, 3.05) is 27.3 Å². The summed E-state index contributed by atoms with van der Waals surface area (Å²) in [6.45, 7) is 1.91. The minimum absolute atomic E-state index is 0.0958. The Labute approximate surface area is 141 Å². The van der Waals surface area contributed by atoms with Crippen LogP contribution in [0.4, 0.5) is 0 Å². The summed E-state index contributed by atoms with van der Waals surface area (Å²) in [5.74, 6) is 1.39.